The number of hydrogen-bond donors (Lipinski definition) is 0. The zero-order chi connectivity index (χ0) is 18.5. The highest BCUT2D eigenvalue weighted by molar-refractivity contribution is 5.78. The number of hydrogen-bond acceptors (Lipinski definition) is 3. The van der Waals surface area contributed by atoms with Gasteiger partial charge in [0.15, 0.2) is 0 Å². The molecule has 0 amide bonds. The predicted molar refractivity (Wildman–Crippen MR) is 105 cm³/mol. The van der Waals surface area contributed by atoms with Gasteiger partial charge in [0, 0.05) is 0 Å². The molecule has 1 aliphatic carbocycles. The molecule has 2 atom stereocenters. The van der Waals surface area contributed by atoms with Crippen LogP contribution in [0.1, 0.15) is 23.6 Å². The van der Waals surface area contributed by atoms with Crippen LogP contribution in [-0.4, -0.2) is 20.2 Å². The van der Waals surface area contributed by atoms with Crippen molar-refractivity contribution >= 4 is 17.6 Å². The van der Waals surface area contributed by atoms with Gasteiger partial charge in [0.2, 0.25) is 0 Å². The first-order valence-corrected chi connectivity index (χ1v) is 8.79. The van der Waals surface area contributed by atoms with Crippen LogP contribution in [-0.2, 0) is 16.0 Å². The summed E-state index contributed by atoms with van der Waals surface area (Å²) in [5, 5.41) is 0. The number of esters is 1. The molecule has 0 fully saturated rings. The molecule has 3 heteroatoms. The molecular weight excluding hydrogens is 324 g/mol. The Hall–Kier alpha value is -2.81. The van der Waals surface area contributed by atoms with E-state index in [0.29, 0.717) is 0 Å². The summed E-state index contributed by atoms with van der Waals surface area (Å²) >= 11 is 0. The molecule has 0 saturated carbocycles. The molecule has 1 aliphatic rings. The third kappa shape index (κ3) is 3.88. The molecule has 0 bridgehead atoms. The van der Waals surface area contributed by atoms with Gasteiger partial charge in [0.25, 0.3) is 0 Å². The first-order chi connectivity index (χ1) is 12.6. The van der Waals surface area contributed by atoms with E-state index in [1.165, 1.54) is 23.8 Å². The lowest BCUT2D eigenvalue weighted by molar-refractivity contribution is -0.144. The van der Waals surface area contributed by atoms with Gasteiger partial charge >= 0.3 is 5.97 Å². The summed E-state index contributed by atoms with van der Waals surface area (Å²) in [5.41, 5.74) is 4.68. The van der Waals surface area contributed by atoms with Crippen molar-refractivity contribution in [3.63, 3.8) is 0 Å². The molecule has 3 nitrogen and oxygen atoms in total. The number of carbonyl (C=O) groups is 1. The Labute approximate surface area is 155 Å². The van der Waals surface area contributed by atoms with Crippen molar-refractivity contribution in [3.8, 4) is 5.75 Å². The number of ether oxygens (including phenoxy) is 2. The summed E-state index contributed by atoms with van der Waals surface area (Å²) in [7, 11) is 3.12. The number of rotatable bonds is 5. The summed E-state index contributed by atoms with van der Waals surface area (Å²) < 4.78 is 10.4. The summed E-state index contributed by atoms with van der Waals surface area (Å²) in [4.78, 5) is 12.4. The highest BCUT2D eigenvalue weighted by atomic mass is 16.5. The van der Waals surface area contributed by atoms with Crippen molar-refractivity contribution in [2.75, 3.05) is 14.2 Å². The predicted octanol–water partition coefficient (Wildman–Crippen LogP) is 4.77. The second-order valence-electron chi connectivity index (χ2n) is 6.56. The molecule has 0 saturated heterocycles. The number of carbonyl (C=O) groups excluding carboxylic acids is 1. The molecule has 134 valence electrons. The Morgan fingerprint density at radius 1 is 1.15 bits per heavy atom. The maximum Gasteiger partial charge on any atom is 0.313 e. The zero-order valence-electron chi connectivity index (χ0n) is 15.4. The molecule has 0 aliphatic heterocycles. The van der Waals surface area contributed by atoms with Gasteiger partial charge in [0.05, 0.1) is 20.1 Å². The van der Waals surface area contributed by atoms with Gasteiger partial charge in [-0.3, -0.25) is 4.79 Å². The monoisotopic (exact) mass is 348 g/mol. The van der Waals surface area contributed by atoms with Crippen LogP contribution in [0.3, 0.4) is 0 Å². The van der Waals surface area contributed by atoms with Crippen molar-refractivity contribution in [1.82, 2.24) is 0 Å². The third-order valence-electron chi connectivity index (χ3n) is 4.89. The van der Waals surface area contributed by atoms with Gasteiger partial charge in [0.1, 0.15) is 5.75 Å². The lowest BCUT2D eigenvalue weighted by Gasteiger charge is -2.27. The molecule has 0 unspecified atom stereocenters. The number of allylic oxidation sites excluding steroid dienone is 2. The Balaban J connectivity index is 1.91. The fraction of sp³-hybridized carbons (Fsp3) is 0.261. The molecule has 0 radical (unpaired) electrons. The van der Waals surface area contributed by atoms with Gasteiger partial charge in [-0.2, -0.15) is 0 Å². The van der Waals surface area contributed by atoms with E-state index in [9.17, 15) is 4.79 Å². The van der Waals surface area contributed by atoms with Crippen molar-refractivity contribution in [1.29, 1.82) is 0 Å². The van der Waals surface area contributed by atoms with Crippen LogP contribution in [0.2, 0.25) is 0 Å². The molecule has 0 N–H and O–H groups in total. The van der Waals surface area contributed by atoms with Crippen LogP contribution in [0.4, 0.5) is 0 Å². The molecular formula is C23H24O3. The van der Waals surface area contributed by atoms with Gasteiger partial charge in [-0.05, 0) is 53.7 Å². The second-order valence-corrected chi connectivity index (χ2v) is 6.56. The quantitative estimate of drug-likeness (QED) is 0.730. The summed E-state index contributed by atoms with van der Waals surface area (Å²) in [6.07, 6.45) is 6.92. The zero-order valence-corrected chi connectivity index (χ0v) is 15.4. The Morgan fingerprint density at radius 2 is 1.92 bits per heavy atom. The van der Waals surface area contributed by atoms with E-state index in [1.54, 1.807) is 7.11 Å². The van der Waals surface area contributed by atoms with E-state index in [2.05, 4.69) is 25.1 Å². The molecule has 3 rings (SSSR count). The minimum Gasteiger partial charge on any atom is -0.497 e. The average molecular weight is 348 g/mol. The van der Waals surface area contributed by atoms with E-state index in [-0.39, 0.29) is 17.8 Å². The van der Waals surface area contributed by atoms with Crippen LogP contribution >= 0.6 is 0 Å². The topological polar surface area (TPSA) is 35.5 Å². The fourth-order valence-corrected chi connectivity index (χ4v) is 3.52. The van der Waals surface area contributed by atoms with Gasteiger partial charge in [-0.25, -0.2) is 0 Å². The normalized spacial score (nSPS) is 17.3. The van der Waals surface area contributed by atoms with Gasteiger partial charge in [-0.15, -0.1) is 0 Å². The van der Waals surface area contributed by atoms with Crippen molar-refractivity contribution < 1.29 is 14.3 Å². The standard InChI is InChI=1S/C23H24O3/c1-16-13-18(14-19-15-20(25-2)10-12-21(16)19)22(23(24)26-3)11-9-17-7-5-4-6-8-17/h4-13,15,18,22H,14H2,1-3H3/b11-9+/t18-,22-/m0/s1. The maximum absolute atomic E-state index is 12.4. The highest BCUT2D eigenvalue weighted by Gasteiger charge is 2.29. The summed E-state index contributed by atoms with van der Waals surface area (Å²) in [6, 6.07) is 16.1. The highest BCUT2D eigenvalue weighted by Crippen LogP contribution is 2.35. The number of benzene rings is 2. The molecule has 26 heavy (non-hydrogen) atoms. The van der Waals surface area contributed by atoms with E-state index in [1.807, 2.05) is 48.6 Å². The number of fused-ring (bicyclic) bond motifs is 1. The van der Waals surface area contributed by atoms with Crippen molar-refractivity contribution in [3.05, 3.63) is 77.4 Å². The Bertz CT molecular complexity index is 834. The van der Waals surface area contributed by atoms with Crippen LogP contribution in [0, 0.1) is 11.8 Å². The summed E-state index contributed by atoms with van der Waals surface area (Å²) in [6.45, 7) is 2.09. The molecule has 0 aromatic heterocycles. The van der Waals surface area contributed by atoms with Crippen LogP contribution in [0.25, 0.3) is 11.6 Å². The minimum atomic E-state index is -0.325. The van der Waals surface area contributed by atoms with Gasteiger partial charge in [-0.1, -0.05) is 54.6 Å². The van der Waals surface area contributed by atoms with Crippen molar-refractivity contribution in [2.24, 2.45) is 11.8 Å². The summed E-state index contributed by atoms with van der Waals surface area (Å²) in [5.74, 6) is 0.362. The first-order valence-electron chi connectivity index (χ1n) is 8.79. The van der Waals surface area contributed by atoms with Gasteiger partial charge < -0.3 is 9.47 Å². The minimum absolute atomic E-state index is 0.0574. The van der Waals surface area contributed by atoms with Crippen LogP contribution < -0.4 is 4.74 Å². The second kappa shape index (κ2) is 8.05. The third-order valence-corrected chi connectivity index (χ3v) is 4.89. The Morgan fingerprint density at radius 3 is 2.62 bits per heavy atom. The maximum atomic E-state index is 12.4. The SMILES string of the molecule is COC(=O)[C@@H](/C=C/c1ccccc1)[C@H]1C=C(C)c2ccc(OC)cc2C1. The van der Waals surface area contributed by atoms with E-state index in [4.69, 9.17) is 9.47 Å². The molecule has 2 aromatic carbocycles. The molecule has 0 heterocycles. The van der Waals surface area contributed by atoms with E-state index >= 15 is 0 Å². The Kier molecular flexibility index (Phi) is 5.57. The van der Waals surface area contributed by atoms with E-state index < -0.39 is 0 Å². The first kappa shape index (κ1) is 18.0. The van der Waals surface area contributed by atoms with Crippen molar-refractivity contribution in [2.45, 2.75) is 13.3 Å². The smallest absolute Gasteiger partial charge is 0.313 e. The molecule has 0 spiro atoms. The average Bonchev–Trinajstić information content (AvgIpc) is 2.68. The fourth-order valence-electron chi connectivity index (χ4n) is 3.52. The van der Waals surface area contributed by atoms with E-state index in [0.717, 1.165) is 17.7 Å². The largest absolute Gasteiger partial charge is 0.497 e. The lowest BCUT2D eigenvalue weighted by Crippen LogP contribution is -2.26. The molecule has 2 aromatic rings. The van der Waals surface area contributed by atoms with Crippen LogP contribution in [0.15, 0.2) is 60.7 Å². The lowest BCUT2D eigenvalue weighted by atomic mass is 9.78. The number of methoxy groups -OCH3 is 2. The van der Waals surface area contributed by atoms with Crippen LogP contribution in [0.5, 0.6) is 5.75 Å².